The van der Waals surface area contributed by atoms with Crippen molar-refractivity contribution in [3.63, 3.8) is 0 Å². The van der Waals surface area contributed by atoms with E-state index in [9.17, 15) is 4.79 Å². The molecule has 0 spiro atoms. The van der Waals surface area contributed by atoms with Crippen LogP contribution in [0.25, 0.3) is 11.1 Å². The normalized spacial score (nSPS) is 17.0. The lowest BCUT2D eigenvalue weighted by atomic mass is 9.82. The highest BCUT2D eigenvalue weighted by atomic mass is 16.6. The maximum atomic E-state index is 13.5. The van der Waals surface area contributed by atoms with Crippen molar-refractivity contribution in [3.8, 4) is 11.1 Å². The Morgan fingerprint density at radius 1 is 1.29 bits per heavy atom. The Morgan fingerprint density at radius 3 is 2.94 bits per heavy atom. The zero-order valence-electron chi connectivity index (χ0n) is 17.6. The van der Waals surface area contributed by atoms with E-state index in [0.29, 0.717) is 26.0 Å². The number of aromatic nitrogens is 3. The maximum absolute atomic E-state index is 13.5. The van der Waals surface area contributed by atoms with Crippen LogP contribution in [0.4, 0.5) is 17.2 Å². The average molecular weight is 416 g/mol. The van der Waals surface area contributed by atoms with Gasteiger partial charge in [-0.3, -0.25) is 9.48 Å². The number of rotatable bonds is 4. The van der Waals surface area contributed by atoms with Gasteiger partial charge in [0.15, 0.2) is 0 Å². The lowest BCUT2D eigenvalue weighted by Gasteiger charge is -2.32. The molecule has 0 saturated heterocycles. The van der Waals surface area contributed by atoms with Crippen molar-refractivity contribution < 1.29 is 9.63 Å². The van der Waals surface area contributed by atoms with Gasteiger partial charge in [-0.25, -0.2) is 4.98 Å². The molecule has 8 heteroatoms. The average Bonchev–Trinajstić information content (AvgIpc) is 3.10. The molecule has 0 radical (unpaired) electrons. The molecule has 158 valence electrons. The van der Waals surface area contributed by atoms with Gasteiger partial charge < -0.3 is 15.1 Å². The minimum Gasteiger partial charge on any atom is -0.396 e. The van der Waals surface area contributed by atoms with Crippen molar-refractivity contribution in [1.29, 1.82) is 0 Å². The zero-order valence-corrected chi connectivity index (χ0v) is 17.6. The lowest BCUT2D eigenvalue weighted by Crippen LogP contribution is -2.42. The van der Waals surface area contributed by atoms with Crippen LogP contribution in [0, 0.1) is 5.92 Å². The van der Waals surface area contributed by atoms with Crippen LogP contribution >= 0.6 is 0 Å². The highest BCUT2D eigenvalue weighted by Crippen LogP contribution is 2.40. The molecule has 2 aliphatic rings. The van der Waals surface area contributed by atoms with Crippen LogP contribution in [-0.2, 0) is 23.2 Å². The maximum Gasteiger partial charge on any atom is 0.231 e. The van der Waals surface area contributed by atoms with Gasteiger partial charge in [0.2, 0.25) is 5.91 Å². The number of oxime groups is 1. The first-order valence-electron chi connectivity index (χ1n) is 10.5. The smallest absolute Gasteiger partial charge is 0.231 e. The van der Waals surface area contributed by atoms with Crippen molar-refractivity contribution in [1.82, 2.24) is 14.8 Å². The molecule has 2 aromatic heterocycles. The molecule has 0 unspecified atom stereocenters. The number of hydrogen-bond acceptors (Lipinski definition) is 6. The molecule has 1 aromatic carbocycles. The second-order valence-electron chi connectivity index (χ2n) is 7.88. The number of nitrogens with one attached hydrogen (secondary N) is 1. The molecule has 3 aromatic rings. The monoisotopic (exact) mass is 416 g/mol. The summed E-state index contributed by atoms with van der Waals surface area (Å²) in [5, 5.41) is 11.8. The Labute approximate surface area is 180 Å². The fourth-order valence-corrected chi connectivity index (χ4v) is 4.00. The number of fused-ring (bicyclic) bond motifs is 2. The van der Waals surface area contributed by atoms with Crippen LogP contribution in [0.2, 0.25) is 0 Å². The van der Waals surface area contributed by atoms with E-state index in [2.05, 4.69) is 26.6 Å². The summed E-state index contributed by atoms with van der Waals surface area (Å²) in [6.07, 6.45) is 6.84. The van der Waals surface area contributed by atoms with Crippen LogP contribution in [-0.4, -0.2) is 33.0 Å². The number of hydrogen-bond donors (Lipinski definition) is 1. The molecule has 5 rings (SSSR count). The Kier molecular flexibility index (Phi) is 4.89. The number of carbonyl (C=O) groups excluding carboxylic acids is 1. The molecule has 3 heterocycles. The van der Waals surface area contributed by atoms with Crippen molar-refractivity contribution in [2.75, 3.05) is 16.8 Å². The summed E-state index contributed by atoms with van der Waals surface area (Å²) in [7, 11) is 1.89. The fraction of sp³-hybridized carbons (Fsp3) is 0.304. The number of amides is 1. The van der Waals surface area contributed by atoms with Gasteiger partial charge in [0.05, 0.1) is 29.8 Å². The van der Waals surface area contributed by atoms with Crippen LogP contribution in [0.15, 0.2) is 54.1 Å². The highest BCUT2D eigenvalue weighted by molar-refractivity contribution is 6.07. The van der Waals surface area contributed by atoms with E-state index < -0.39 is 0 Å². The Balaban J connectivity index is 1.51. The van der Waals surface area contributed by atoms with Gasteiger partial charge in [-0.15, -0.1) is 0 Å². The first-order valence-corrected chi connectivity index (χ1v) is 10.5. The molecule has 0 bridgehead atoms. The van der Waals surface area contributed by atoms with Crippen LogP contribution in [0.1, 0.15) is 25.3 Å². The second kappa shape index (κ2) is 7.86. The van der Waals surface area contributed by atoms with Gasteiger partial charge in [0.25, 0.3) is 0 Å². The minimum absolute atomic E-state index is 0.0904. The van der Waals surface area contributed by atoms with E-state index in [4.69, 9.17) is 4.84 Å². The van der Waals surface area contributed by atoms with Crippen molar-refractivity contribution in [2.45, 2.75) is 26.3 Å². The van der Waals surface area contributed by atoms with E-state index >= 15 is 0 Å². The Hall–Kier alpha value is -3.68. The van der Waals surface area contributed by atoms with E-state index in [-0.39, 0.29) is 11.8 Å². The molecule has 1 aliphatic carbocycles. The van der Waals surface area contributed by atoms with Crippen molar-refractivity contribution >= 4 is 28.8 Å². The van der Waals surface area contributed by atoms with Gasteiger partial charge in [-0.2, -0.15) is 5.10 Å². The van der Waals surface area contributed by atoms with Gasteiger partial charge in [0.1, 0.15) is 12.4 Å². The number of nitrogens with zero attached hydrogens (tertiary/aromatic N) is 5. The van der Waals surface area contributed by atoms with Gasteiger partial charge in [-0.1, -0.05) is 17.3 Å². The third kappa shape index (κ3) is 3.65. The number of carbonyl (C=O) groups is 1. The number of aryl methyl sites for hydroxylation is 1. The first kappa shape index (κ1) is 19.3. The topological polar surface area (TPSA) is 84.6 Å². The molecular weight excluding hydrogens is 392 g/mol. The highest BCUT2D eigenvalue weighted by Gasteiger charge is 2.37. The Morgan fingerprint density at radius 2 is 2.16 bits per heavy atom. The Bertz CT molecular complexity index is 1160. The zero-order chi connectivity index (χ0) is 21.4. The summed E-state index contributed by atoms with van der Waals surface area (Å²) in [6, 6.07) is 10.00. The van der Waals surface area contributed by atoms with Gasteiger partial charge >= 0.3 is 0 Å². The first-order chi connectivity index (χ1) is 15.1. The molecule has 31 heavy (non-hydrogen) atoms. The molecule has 8 nitrogen and oxygen atoms in total. The van der Waals surface area contributed by atoms with Gasteiger partial charge in [0, 0.05) is 49.3 Å². The minimum atomic E-state index is -0.0904. The molecule has 1 fully saturated rings. The molecule has 1 saturated carbocycles. The molecule has 1 amide bonds. The molecule has 1 aliphatic heterocycles. The summed E-state index contributed by atoms with van der Waals surface area (Å²) in [5.74, 6) is 0.784. The van der Waals surface area contributed by atoms with Gasteiger partial charge in [-0.05, 0) is 30.7 Å². The SMILES string of the molecule is CCON=C1CC(C(=O)N2Cc3cccnc3Nc3ccc(-c4cnn(C)c4)cc32)C1. The lowest BCUT2D eigenvalue weighted by molar-refractivity contribution is -0.122. The van der Waals surface area contributed by atoms with Crippen LogP contribution in [0.3, 0.4) is 0 Å². The molecule has 0 atom stereocenters. The van der Waals surface area contributed by atoms with E-state index in [0.717, 1.165) is 39.6 Å². The van der Waals surface area contributed by atoms with E-state index in [1.54, 1.807) is 10.9 Å². The summed E-state index contributed by atoms with van der Waals surface area (Å²) in [4.78, 5) is 25.0. The summed E-state index contributed by atoms with van der Waals surface area (Å²) in [5.41, 5.74) is 5.66. The number of pyridine rings is 1. The standard InChI is InChI=1S/C23H24N6O2/c1-3-31-27-19-9-17(10-19)23(30)29-14-16-5-4-8-24-22(16)26-20-7-6-15(11-21(20)29)18-12-25-28(2)13-18/h4-8,11-13,17H,3,9-10,14H2,1-2H3,(H,24,26). The number of anilines is 3. The van der Waals surface area contributed by atoms with Crippen molar-refractivity contribution in [3.05, 3.63) is 54.5 Å². The van der Waals surface area contributed by atoms with Crippen LogP contribution in [0.5, 0.6) is 0 Å². The van der Waals surface area contributed by atoms with E-state index in [1.165, 1.54) is 0 Å². The fourth-order valence-electron chi connectivity index (χ4n) is 4.00. The quantitative estimate of drug-likeness (QED) is 0.653. The second-order valence-corrected chi connectivity index (χ2v) is 7.88. The van der Waals surface area contributed by atoms with E-state index in [1.807, 2.05) is 55.5 Å². The molecular formula is C23H24N6O2. The summed E-state index contributed by atoms with van der Waals surface area (Å²) in [6.45, 7) is 2.90. The molecule has 1 N–H and O–H groups in total. The third-order valence-corrected chi connectivity index (χ3v) is 5.70. The predicted molar refractivity (Wildman–Crippen MR) is 119 cm³/mol. The predicted octanol–water partition coefficient (Wildman–Crippen LogP) is 3.87. The largest absolute Gasteiger partial charge is 0.396 e. The number of benzene rings is 1. The third-order valence-electron chi connectivity index (χ3n) is 5.70. The summed E-state index contributed by atoms with van der Waals surface area (Å²) < 4.78 is 1.77. The van der Waals surface area contributed by atoms with Crippen molar-refractivity contribution in [2.24, 2.45) is 18.1 Å². The summed E-state index contributed by atoms with van der Waals surface area (Å²) >= 11 is 0. The van der Waals surface area contributed by atoms with Crippen LogP contribution < -0.4 is 10.2 Å².